The first kappa shape index (κ1) is 23.8. The number of nitrogens with one attached hydrogen (secondary N) is 1. The van der Waals surface area contributed by atoms with Crippen molar-refractivity contribution in [2.24, 2.45) is 7.05 Å². The molecule has 1 N–H and O–H groups in total. The van der Waals surface area contributed by atoms with Gasteiger partial charge in [-0.25, -0.2) is 4.98 Å². The Hall–Kier alpha value is -3.31. The summed E-state index contributed by atoms with van der Waals surface area (Å²) in [5.74, 6) is 0.115. The molecule has 3 aromatic heterocycles. The van der Waals surface area contributed by atoms with Gasteiger partial charge in [0, 0.05) is 18.8 Å². The molecule has 4 rings (SSSR count). The van der Waals surface area contributed by atoms with Crippen molar-refractivity contribution in [2.75, 3.05) is 16.8 Å². The van der Waals surface area contributed by atoms with Gasteiger partial charge < -0.3 is 14.2 Å². The van der Waals surface area contributed by atoms with E-state index in [1.165, 1.54) is 6.26 Å². The van der Waals surface area contributed by atoms with E-state index in [2.05, 4.69) is 60.4 Å². The Labute approximate surface area is 199 Å². The maximum absolute atomic E-state index is 12.9. The third kappa shape index (κ3) is 4.80. The number of carbonyl (C=O) groups is 2. The molecule has 10 nitrogen and oxygen atoms in total. The highest BCUT2D eigenvalue weighted by molar-refractivity contribution is 6.74. The van der Waals surface area contributed by atoms with Crippen LogP contribution in [0.2, 0.25) is 18.1 Å². The van der Waals surface area contributed by atoms with Crippen molar-refractivity contribution >= 4 is 31.6 Å². The molecule has 0 spiro atoms. The number of rotatable bonds is 6. The lowest BCUT2D eigenvalue weighted by Gasteiger charge is -2.38. The molecule has 0 aromatic carbocycles. The molecule has 34 heavy (non-hydrogen) atoms. The van der Waals surface area contributed by atoms with Crippen molar-refractivity contribution in [1.29, 1.82) is 0 Å². The Morgan fingerprint density at radius 2 is 2.12 bits per heavy atom. The normalized spacial score (nSPS) is 16.8. The summed E-state index contributed by atoms with van der Waals surface area (Å²) in [5.41, 5.74) is 1.18. The number of hydrogen-bond donors (Lipinski definition) is 1. The first-order valence-corrected chi connectivity index (χ1v) is 14.0. The molecule has 0 saturated carbocycles. The van der Waals surface area contributed by atoms with Crippen LogP contribution in [0.3, 0.4) is 0 Å². The highest BCUT2D eigenvalue weighted by atomic mass is 28.4. The maximum atomic E-state index is 12.9. The SMILES string of the molecule is Cn1cc(NC(=O)c2coc(-c3c[c]ncc3)n2)c(N2C[C@@H](O[Si](C)(C)C(C)(C)C)CC2=O)n1. The van der Waals surface area contributed by atoms with Crippen LogP contribution in [-0.4, -0.2) is 52.5 Å². The zero-order chi connectivity index (χ0) is 24.7. The van der Waals surface area contributed by atoms with E-state index in [1.807, 2.05) is 0 Å². The number of carbonyl (C=O) groups excluding carboxylic acids is 2. The second-order valence-corrected chi connectivity index (χ2v) is 14.7. The molecule has 0 bridgehead atoms. The quantitative estimate of drug-likeness (QED) is 0.534. The van der Waals surface area contributed by atoms with E-state index in [-0.39, 0.29) is 35.1 Å². The van der Waals surface area contributed by atoms with Crippen LogP contribution in [0.4, 0.5) is 11.5 Å². The van der Waals surface area contributed by atoms with Crippen molar-refractivity contribution in [3.8, 4) is 11.5 Å². The molecule has 1 aliphatic heterocycles. The van der Waals surface area contributed by atoms with Gasteiger partial charge in [-0.1, -0.05) is 20.8 Å². The van der Waals surface area contributed by atoms with Crippen molar-refractivity contribution in [3.63, 3.8) is 0 Å². The van der Waals surface area contributed by atoms with Crippen LogP contribution in [-0.2, 0) is 16.3 Å². The third-order valence-electron chi connectivity index (χ3n) is 6.28. The molecule has 2 amide bonds. The van der Waals surface area contributed by atoms with E-state index in [9.17, 15) is 9.59 Å². The van der Waals surface area contributed by atoms with Gasteiger partial charge in [-0.15, -0.1) is 0 Å². The van der Waals surface area contributed by atoms with Gasteiger partial charge in [0.05, 0.1) is 31.5 Å². The average Bonchev–Trinajstić information content (AvgIpc) is 3.46. The number of anilines is 2. The lowest BCUT2D eigenvalue weighted by molar-refractivity contribution is -0.117. The summed E-state index contributed by atoms with van der Waals surface area (Å²) in [6.45, 7) is 11.2. The summed E-state index contributed by atoms with van der Waals surface area (Å²) in [5, 5.41) is 7.28. The lowest BCUT2D eigenvalue weighted by atomic mass is 10.2. The molecule has 4 heterocycles. The van der Waals surface area contributed by atoms with Crippen molar-refractivity contribution in [2.45, 2.75) is 51.4 Å². The second kappa shape index (κ2) is 8.80. The fourth-order valence-corrected chi connectivity index (χ4v) is 4.81. The molecule has 1 saturated heterocycles. The Balaban J connectivity index is 1.50. The molecule has 179 valence electrons. The third-order valence-corrected chi connectivity index (χ3v) is 10.8. The average molecular weight is 482 g/mol. The molecule has 3 aromatic rings. The van der Waals surface area contributed by atoms with Crippen molar-refractivity contribution in [3.05, 3.63) is 42.7 Å². The van der Waals surface area contributed by atoms with Gasteiger partial charge in [0.1, 0.15) is 12.0 Å². The zero-order valence-corrected chi connectivity index (χ0v) is 21.2. The molecular formula is C23H29N6O4Si. The Kier molecular flexibility index (Phi) is 6.17. The van der Waals surface area contributed by atoms with Crippen molar-refractivity contribution in [1.82, 2.24) is 19.7 Å². The molecule has 0 aliphatic carbocycles. The summed E-state index contributed by atoms with van der Waals surface area (Å²) < 4.78 is 13.4. The Bertz CT molecular complexity index is 1200. The number of hydrogen-bond acceptors (Lipinski definition) is 7. The predicted molar refractivity (Wildman–Crippen MR) is 129 cm³/mol. The smallest absolute Gasteiger partial charge is 0.277 e. The van der Waals surface area contributed by atoms with E-state index >= 15 is 0 Å². The largest absolute Gasteiger partial charge is 0.444 e. The summed E-state index contributed by atoms with van der Waals surface area (Å²) >= 11 is 0. The minimum atomic E-state index is -2.03. The van der Waals surface area contributed by atoms with E-state index in [1.54, 1.807) is 41.2 Å². The number of oxazole rings is 1. The van der Waals surface area contributed by atoms with Crippen LogP contribution in [0.25, 0.3) is 11.5 Å². The van der Waals surface area contributed by atoms with Crippen LogP contribution in [0, 0.1) is 6.20 Å². The minimum Gasteiger partial charge on any atom is -0.444 e. The summed E-state index contributed by atoms with van der Waals surface area (Å²) in [6, 6.07) is 3.33. The van der Waals surface area contributed by atoms with Crippen LogP contribution >= 0.6 is 0 Å². The lowest BCUT2D eigenvalue weighted by Crippen LogP contribution is -2.44. The maximum Gasteiger partial charge on any atom is 0.277 e. The van der Waals surface area contributed by atoms with Crippen LogP contribution in [0.1, 0.15) is 37.7 Å². The molecular weight excluding hydrogens is 452 g/mol. The van der Waals surface area contributed by atoms with E-state index in [0.717, 1.165) is 0 Å². The van der Waals surface area contributed by atoms with Gasteiger partial charge >= 0.3 is 0 Å². The molecule has 1 atom stereocenters. The van der Waals surface area contributed by atoms with Gasteiger partial charge in [-0.05, 0) is 30.3 Å². The highest BCUT2D eigenvalue weighted by Crippen LogP contribution is 2.39. The van der Waals surface area contributed by atoms with E-state index in [0.29, 0.717) is 23.6 Å². The van der Waals surface area contributed by atoms with E-state index < -0.39 is 14.2 Å². The monoisotopic (exact) mass is 481 g/mol. The van der Waals surface area contributed by atoms with Crippen LogP contribution < -0.4 is 10.2 Å². The Morgan fingerprint density at radius 3 is 2.79 bits per heavy atom. The molecule has 1 aliphatic rings. The minimum absolute atomic E-state index is 0.0400. The van der Waals surface area contributed by atoms with Gasteiger partial charge in [0.15, 0.2) is 19.8 Å². The van der Waals surface area contributed by atoms with Gasteiger partial charge in [0.25, 0.3) is 5.91 Å². The summed E-state index contributed by atoms with van der Waals surface area (Å²) in [6.07, 6.45) is 7.28. The first-order chi connectivity index (χ1) is 15.9. The molecule has 11 heteroatoms. The number of nitrogens with zero attached hydrogens (tertiary/aromatic N) is 5. The topological polar surface area (TPSA) is 115 Å². The van der Waals surface area contributed by atoms with Gasteiger partial charge in [-0.3, -0.25) is 24.2 Å². The number of pyridine rings is 1. The first-order valence-electron chi connectivity index (χ1n) is 11.1. The van der Waals surface area contributed by atoms with Crippen LogP contribution in [0.15, 0.2) is 35.2 Å². The zero-order valence-electron chi connectivity index (χ0n) is 20.2. The van der Waals surface area contributed by atoms with Crippen LogP contribution in [0.5, 0.6) is 0 Å². The molecule has 1 radical (unpaired) electrons. The van der Waals surface area contributed by atoms with Crippen molar-refractivity contribution < 1.29 is 18.4 Å². The molecule has 0 unspecified atom stereocenters. The fraction of sp³-hybridized carbons (Fsp3) is 0.435. The Morgan fingerprint density at radius 1 is 1.35 bits per heavy atom. The standard InChI is InChI=1S/C23H29N6O4Si/c1-23(2,3)34(5,6)33-16-11-19(30)29(12-16)20-17(13-28(4)27-20)25-21(31)18-14-32-22(26-18)15-7-9-24-10-8-15/h7-9,13-14,16H,11-12H2,1-6H3,(H,25,31)/t16-/m0/s1. The number of aromatic nitrogens is 4. The summed E-state index contributed by atoms with van der Waals surface area (Å²) in [7, 11) is -0.300. The number of aryl methyl sites for hydroxylation is 1. The van der Waals surface area contributed by atoms with E-state index in [4.69, 9.17) is 8.84 Å². The molecule has 1 fully saturated rings. The summed E-state index contributed by atoms with van der Waals surface area (Å²) in [4.78, 5) is 35.4. The van der Waals surface area contributed by atoms with Gasteiger partial charge in [0.2, 0.25) is 11.8 Å². The number of amides is 2. The second-order valence-electron chi connectivity index (χ2n) is 9.91. The fourth-order valence-electron chi connectivity index (χ4n) is 3.46. The predicted octanol–water partition coefficient (Wildman–Crippen LogP) is 3.65. The highest BCUT2D eigenvalue weighted by Gasteiger charge is 2.43. The van der Waals surface area contributed by atoms with Gasteiger partial charge in [-0.2, -0.15) is 5.10 Å².